The van der Waals surface area contributed by atoms with Crippen LogP contribution in [-0.2, 0) is 10.5 Å². The minimum absolute atomic E-state index is 0.693. The van der Waals surface area contributed by atoms with E-state index in [1.165, 1.54) is 25.0 Å². The van der Waals surface area contributed by atoms with Gasteiger partial charge in [-0.05, 0) is 25.0 Å². The zero-order chi connectivity index (χ0) is 12.7. The van der Waals surface area contributed by atoms with E-state index in [-0.39, 0.29) is 0 Å². The average molecular weight is 263 g/mol. The van der Waals surface area contributed by atoms with Gasteiger partial charge in [0.2, 0.25) is 5.72 Å². The Morgan fingerprint density at radius 1 is 1.56 bits per heavy atom. The Morgan fingerprint density at radius 2 is 2.50 bits per heavy atom. The van der Waals surface area contributed by atoms with E-state index >= 15 is 0 Å². The van der Waals surface area contributed by atoms with Crippen LogP contribution in [0.5, 0.6) is 0 Å². The third-order valence-electron chi connectivity index (χ3n) is 2.65. The molecule has 1 aromatic rings. The SMILES string of the molecule is CCCCC=COC1(c2cccnc2)C=NSN1. The van der Waals surface area contributed by atoms with Crippen LogP contribution in [0.15, 0.2) is 41.3 Å². The lowest BCUT2D eigenvalue weighted by Gasteiger charge is -2.25. The first-order chi connectivity index (χ1) is 8.87. The van der Waals surface area contributed by atoms with Gasteiger partial charge in [0.25, 0.3) is 0 Å². The van der Waals surface area contributed by atoms with E-state index in [1.54, 1.807) is 24.9 Å². The van der Waals surface area contributed by atoms with Crippen LogP contribution in [0.2, 0.25) is 0 Å². The Labute approximate surface area is 112 Å². The minimum Gasteiger partial charge on any atom is -0.470 e. The van der Waals surface area contributed by atoms with Gasteiger partial charge in [-0.2, -0.15) is 4.72 Å². The summed E-state index contributed by atoms with van der Waals surface area (Å²) in [6, 6.07) is 3.86. The number of rotatable bonds is 6. The number of nitrogens with one attached hydrogen (secondary N) is 1. The molecule has 0 aromatic carbocycles. The molecule has 1 aromatic heterocycles. The standard InChI is InChI=1S/C13H17N3OS/c1-2-3-4-5-9-17-13(11-15-18-16-13)12-7-6-8-14-10-12/h5-11,16H,2-4H2,1H3. The molecule has 1 atom stereocenters. The summed E-state index contributed by atoms with van der Waals surface area (Å²) in [4.78, 5) is 4.12. The molecule has 1 unspecified atom stereocenters. The Morgan fingerprint density at radius 3 is 3.17 bits per heavy atom. The number of allylic oxidation sites excluding steroid dienone is 1. The number of pyridine rings is 1. The summed E-state index contributed by atoms with van der Waals surface area (Å²) in [6.45, 7) is 2.17. The molecule has 18 heavy (non-hydrogen) atoms. The summed E-state index contributed by atoms with van der Waals surface area (Å²) in [5.41, 5.74) is 0.251. The third-order valence-corrected chi connectivity index (χ3v) is 3.25. The fourth-order valence-electron chi connectivity index (χ4n) is 1.60. The van der Waals surface area contributed by atoms with Crippen molar-refractivity contribution in [3.63, 3.8) is 0 Å². The molecule has 0 saturated heterocycles. The van der Waals surface area contributed by atoms with Gasteiger partial charge >= 0.3 is 0 Å². The number of aromatic nitrogens is 1. The van der Waals surface area contributed by atoms with Crippen molar-refractivity contribution < 1.29 is 4.74 Å². The maximum absolute atomic E-state index is 5.82. The lowest BCUT2D eigenvalue weighted by molar-refractivity contribution is 0.0843. The molecule has 1 N–H and O–H groups in total. The highest BCUT2D eigenvalue weighted by molar-refractivity contribution is 7.96. The second-order valence-corrected chi connectivity index (χ2v) is 4.63. The van der Waals surface area contributed by atoms with Crippen molar-refractivity contribution in [3.05, 3.63) is 42.4 Å². The van der Waals surface area contributed by atoms with Crippen LogP contribution in [0, 0.1) is 0 Å². The van der Waals surface area contributed by atoms with Gasteiger partial charge in [0.15, 0.2) is 0 Å². The third kappa shape index (κ3) is 3.11. The van der Waals surface area contributed by atoms with Gasteiger partial charge in [-0.25, -0.2) is 4.40 Å². The maximum atomic E-state index is 5.82. The largest absolute Gasteiger partial charge is 0.470 e. The smallest absolute Gasteiger partial charge is 0.235 e. The summed E-state index contributed by atoms with van der Waals surface area (Å²) in [7, 11) is 0. The topological polar surface area (TPSA) is 46.5 Å². The first kappa shape index (κ1) is 13.1. The van der Waals surface area contributed by atoms with Crippen molar-refractivity contribution in [2.75, 3.05) is 0 Å². The molecule has 0 saturated carbocycles. The number of hydrogen-bond acceptors (Lipinski definition) is 5. The van der Waals surface area contributed by atoms with E-state index in [0.29, 0.717) is 0 Å². The Hall–Kier alpha value is -1.33. The second-order valence-electron chi connectivity index (χ2n) is 4.04. The van der Waals surface area contributed by atoms with Crippen LogP contribution in [0.3, 0.4) is 0 Å². The lowest BCUT2D eigenvalue weighted by atomic mass is 10.1. The van der Waals surface area contributed by atoms with Gasteiger partial charge in [-0.3, -0.25) is 4.98 Å². The molecule has 0 radical (unpaired) electrons. The van der Waals surface area contributed by atoms with Gasteiger partial charge in [0.1, 0.15) is 0 Å². The van der Waals surface area contributed by atoms with Crippen molar-refractivity contribution in [1.82, 2.24) is 9.71 Å². The van der Waals surface area contributed by atoms with E-state index in [1.807, 2.05) is 18.2 Å². The molecule has 1 aliphatic heterocycles. The first-order valence-corrected chi connectivity index (χ1v) is 6.86. The monoisotopic (exact) mass is 263 g/mol. The van der Waals surface area contributed by atoms with Crippen molar-refractivity contribution >= 4 is 18.3 Å². The Balaban J connectivity index is 2.04. The predicted molar refractivity (Wildman–Crippen MR) is 74.9 cm³/mol. The molecule has 0 fully saturated rings. The van der Waals surface area contributed by atoms with Crippen LogP contribution in [0.1, 0.15) is 31.7 Å². The van der Waals surface area contributed by atoms with Crippen molar-refractivity contribution in [2.45, 2.75) is 31.9 Å². The summed E-state index contributed by atoms with van der Waals surface area (Å²) in [5, 5.41) is 0. The van der Waals surface area contributed by atoms with Crippen molar-refractivity contribution in [2.24, 2.45) is 4.40 Å². The van der Waals surface area contributed by atoms with Gasteiger partial charge in [0.05, 0.1) is 24.6 Å². The average Bonchev–Trinajstić information content (AvgIpc) is 2.90. The molecule has 4 nitrogen and oxygen atoms in total. The molecule has 0 aliphatic carbocycles. The highest BCUT2D eigenvalue weighted by atomic mass is 32.2. The molecule has 2 heterocycles. The quantitative estimate of drug-likeness (QED) is 0.486. The summed E-state index contributed by atoms with van der Waals surface area (Å²) < 4.78 is 13.1. The molecule has 2 rings (SSSR count). The Bertz CT molecular complexity index is 422. The molecule has 0 bridgehead atoms. The van der Waals surface area contributed by atoms with Crippen LogP contribution >= 0.6 is 12.1 Å². The maximum Gasteiger partial charge on any atom is 0.235 e. The zero-order valence-corrected chi connectivity index (χ0v) is 11.2. The number of hydrogen-bond donors (Lipinski definition) is 1. The van der Waals surface area contributed by atoms with E-state index in [2.05, 4.69) is 21.0 Å². The minimum atomic E-state index is -0.693. The first-order valence-electron chi connectivity index (χ1n) is 6.08. The normalized spacial score (nSPS) is 22.7. The van der Waals surface area contributed by atoms with Crippen LogP contribution in [0.4, 0.5) is 0 Å². The van der Waals surface area contributed by atoms with Gasteiger partial charge in [0, 0.05) is 18.0 Å². The lowest BCUT2D eigenvalue weighted by Crippen LogP contribution is -2.38. The molecule has 0 spiro atoms. The van der Waals surface area contributed by atoms with Crippen LogP contribution < -0.4 is 4.72 Å². The highest BCUT2D eigenvalue weighted by Gasteiger charge is 2.35. The Kier molecular flexibility index (Phi) is 4.78. The number of ether oxygens (including phenoxy) is 1. The van der Waals surface area contributed by atoms with Crippen LogP contribution in [0.25, 0.3) is 0 Å². The molecule has 1 aliphatic rings. The molecule has 5 heteroatoms. The predicted octanol–water partition coefficient (Wildman–Crippen LogP) is 3.19. The number of unbranched alkanes of at least 4 members (excludes halogenated alkanes) is 2. The van der Waals surface area contributed by atoms with Gasteiger partial charge in [-0.15, -0.1) is 0 Å². The summed E-state index contributed by atoms with van der Waals surface area (Å²) in [6.07, 6.45) is 12.5. The molecule has 96 valence electrons. The van der Waals surface area contributed by atoms with E-state index in [9.17, 15) is 0 Å². The zero-order valence-electron chi connectivity index (χ0n) is 10.4. The van der Waals surface area contributed by atoms with Crippen LogP contribution in [-0.4, -0.2) is 11.2 Å². The van der Waals surface area contributed by atoms with Gasteiger partial charge < -0.3 is 4.74 Å². The second kappa shape index (κ2) is 6.56. The van der Waals surface area contributed by atoms with Crippen molar-refractivity contribution in [1.29, 1.82) is 0 Å². The van der Waals surface area contributed by atoms with E-state index in [0.717, 1.165) is 12.0 Å². The van der Waals surface area contributed by atoms with E-state index < -0.39 is 5.72 Å². The molecular formula is C13H17N3OS. The van der Waals surface area contributed by atoms with E-state index in [4.69, 9.17) is 4.74 Å². The fraction of sp³-hybridized carbons (Fsp3) is 0.385. The highest BCUT2D eigenvalue weighted by Crippen LogP contribution is 2.28. The fourth-order valence-corrected chi connectivity index (χ4v) is 2.21. The number of nitrogens with zero attached hydrogens (tertiary/aromatic N) is 2. The summed E-state index contributed by atoms with van der Waals surface area (Å²) >= 11 is 1.28. The van der Waals surface area contributed by atoms with Crippen molar-refractivity contribution in [3.8, 4) is 0 Å². The summed E-state index contributed by atoms with van der Waals surface area (Å²) in [5.74, 6) is 0. The molecular weight excluding hydrogens is 246 g/mol. The molecule has 0 amide bonds. The van der Waals surface area contributed by atoms with Gasteiger partial charge in [-0.1, -0.05) is 19.4 Å².